The summed E-state index contributed by atoms with van der Waals surface area (Å²) in [7, 11) is 0. The minimum absolute atomic E-state index is 0.123. The lowest BCUT2D eigenvalue weighted by Crippen LogP contribution is -2.49. The number of amides is 1. The largest absolute Gasteiger partial charge is 0.480 e. The van der Waals surface area contributed by atoms with Crippen LogP contribution < -0.4 is 5.32 Å². The van der Waals surface area contributed by atoms with Crippen LogP contribution in [0.5, 0.6) is 0 Å². The Morgan fingerprint density at radius 3 is 1.77 bits per heavy atom. The topological polar surface area (TPSA) is 86.6 Å². The van der Waals surface area contributed by atoms with E-state index in [1.807, 2.05) is 74.5 Å². The van der Waals surface area contributed by atoms with Gasteiger partial charge in [-0.25, -0.2) is 4.79 Å². The molecule has 0 spiro atoms. The SMILES string of the molecule is CC(C)C[C@@H](O)C(=O)N[C@@H](C(=O)O)C(c1ccccc1)c1ccccc1. The molecular formula is C21H25NO4. The van der Waals surface area contributed by atoms with Gasteiger partial charge in [-0.2, -0.15) is 0 Å². The molecule has 0 aliphatic rings. The third-order valence-electron chi connectivity index (χ3n) is 4.21. The van der Waals surface area contributed by atoms with Gasteiger partial charge in [-0.1, -0.05) is 74.5 Å². The van der Waals surface area contributed by atoms with E-state index in [-0.39, 0.29) is 12.3 Å². The maximum absolute atomic E-state index is 12.3. The molecule has 0 aliphatic carbocycles. The summed E-state index contributed by atoms with van der Waals surface area (Å²) in [5.41, 5.74) is 1.56. The summed E-state index contributed by atoms with van der Waals surface area (Å²) >= 11 is 0. The highest BCUT2D eigenvalue weighted by Crippen LogP contribution is 2.28. The second-order valence-electron chi connectivity index (χ2n) is 6.77. The van der Waals surface area contributed by atoms with Crippen molar-refractivity contribution in [1.82, 2.24) is 5.32 Å². The number of rotatable bonds is 8. The lowest BCUT2D eigenvalue weighted by atomic mass is 9.84. The van der Waals surface area contributed by atoms with E-state index >= 15 is 0 Å². The first-order chi connectivity index (χ1) is 12.4. The molecule has 5 nitrogen and oxygen atoms in total. The van der Waals surface area contributed by atoms with Crippen molar-refractivity contribution < 1.29 is 19.8 Å². The molecule has 2 atom stereocenters. The highest BCUT2D eigenvalue weighted by atomic mass is 16.4. The molecule has 0 saturated heterocycles. The van der Waals surface area contributed by atoms with E-state index in [4.69, 9.17) is 0 Å². The van der Waals surface area contributed by atoms with Gasteiger partial charge < -0.3 is 15.5 Å². The summed E-state index contributed by atoms with van der Waals surface area (Å²) < 4.78 is 0. The van der Waals surface area contributed by atoms with Gasteiger partial charge in [-0.3, -0.25) is 4.79 Å². The molecule has 5 heteroatoms. The molecule has 0 unspecified atom stereocenters. The molecule has 1 amide bonds. The number of nitrogens with one attached hydrogen (secondary N) is 1. The second-order valence-corrected chi connectivity index (χ2v) is 6.77. The average molecular weight is 355 g/mol. The van der Waals surface area contributed by atoms with Gasteiger partial charge in [0, 0.05) is 5.92 Å². The standard InChI is InChI=1S/C21H25NO4/c1-14(2)13-17(23)20(24)22-19(21(25)26)18(15-9-5-3-6-10-15)16-11-7-4-8-12-16/h3-12,14,17-19,23H,13H2,1-2H3,(H,22,24)(H,25,26)/t17-,19-/m1/s1. The average Bonchev–Trinajstić information content (AvgIpc) is 2.62. The van der Waals surface area contributed by atoms with E-state index < -0.39 is 29.9 Å². The number of carboxylic acids is 1. The van der Waals surface area contributed by atoms with Crippen molar-refractivity contribution in [3.8, 4) is 0 Å². The highest BCUT2D eigenvalue weighted by Gasteiger charge is 2.33. The van der Waals surface area contributed by atoms with E-state index in [1.165, 1.54) is 0 Å². The van der Waals surface area contributed by atoms with Crippen LogP contribution in [0.2, 0.25) is 0 Å². The Bertz CT molecular complexity index is 676. The van der Waals surface area contributed by atoms with Gasteiger partial charge in [0.1, 0.15) is 12.1 Å². The maximum atomic E-state index is 12.3. The van der Waals surface area contributed by atoms with Gasteiger partial charge in [0.15, 0.2) is 0 Å². The van der Waals surface area contributed by atoms with E-state index in [0.717, 1.165) is 11.1 Å². The smallest absolute Gasteiger partial charge is 0.327 e. The van der Waals surface area contributed by atoms with Crippen LogP contribution >= 0.6 is 0 Å². The number of carbonyl (C=O) groups is 2. The van der Waals surface area contributed by atoms with Crippen LogP contribution in [0.15, 0.2) is 60.7 Å². The fourth-order valence-electron chi connectivity index (χ4n) is 2.99. The van der Waals surface area contributed by atoms with Crippen molar-refractivity contribution in [1.29, 1.82) is 0 Å². The Morgan fingerprint density at radius 1 is 0.923 bits per heavy atom. The van der Waals surface area contributed by atoms with Gasteiger partial charge in [-0.15, -0.1) is 0 Å². The zero-order valence-corrected chi connectivity index (χ0v) is 15.0. The second kappa shape index (κ2) is 9.15. The van der Waals surface area contributed by atoms with E-state index in [2.05, 4.69) is 5.32 Å². The maximum Gasteiger partial charge on any atom is 0.327 e. The first-order valence-corrected chi connectivity index (χ1v) is 8.71. The van der Waals surface area contributed by atoms with Crippen molar-refractivity contribution >= 4 is 11.9 Å². The molecule has 138 valence electrons. The van der Waals surface area contributed by atoms with Gasteiger partial charge >= 0.3 is 5.97 Å². The lowest BCUT2D eigenvalue weighted by Gasteiger charge is -2.27. The van der Waals surface area contributed by atoms with Crippen LogP contribution in [0, 0.1) is 5.92 Å². The quantitative estimate of drug-likeness (QED) is 0.680. The Kier molecular flexibility index (Phi) is 6.92. The molecule has 0 fully saturated rings. The predicted molar refractivity (Wildman–Crippen MR) is 99.8 cm³/mol. The molecule has 2 aromatic carbocycles. The third kappa shape index (κ3) is 5.17. The first-order valence-electron chi connectivity index (χ1n) is 8.71. The predicted octanol–water partition coefficient (Wildman–Crippen LogP) is 2.79. The number of aliphatic hydroxyl groups is 1. The van der Waals surface area contributed by atoms with E-state index in [9.17, 15) is 19.8 Å². The minimum atomic E-state index is -1.23. The third-order valence-corrected chi connectivity index (χ3v) is 4.21. The fraction of sp³-hybridized carbons (Fsp3) is 0.333. The molecule has 2 aromatic rings. The summed E-state index contributed by atoms with van der Waals surface area (Å²) in [5.74, 6) is -2.25. The monoisotopic (exact) mass is 355 g/mol. The molecule has 0 aliphatic heterocycles. The Morgan fingerprint density at radius 2 is 1.38 bits per heavy atom. The molecular weight excluding hydrogens is 330 g/mol. The Labute approximate surface area is 153 Å². The van der Waals surface area contributed by atoms with E-state index in [1.54, 1.807) is 0 Å². The summed E-state index contributed by atoms with van der Waals surface area (Å²) in [6.45, 7) is 3.78. The zero-order valence-electron chi connectivity index (χ0n) is 15.0. The number of aliphatic hydroxyl groups excluding tert-OH is 1. The van der Waals surface area contributed by atoms with E-state index in [0.29, 0.717) is 0 Å². The summed E-state index contributed by atoms with van der Waals surface area (Å²) in [6, 6.07) is 17.2. The number of aliphatic carboxylic acids is 1. The van der Waals surface area contributed by atoms with Gasteiger partial charge in [0.2, 0.25) is 5.91 Å². The molecule has 3 N–H and O–H groups in total. The van der Waals surface area contributed by atoms with Gasteiger partial charge in [0.25, 0.3) is 0 Å². The molecule has 0 bridgehead atoms. The molecule has 26 heavy (non-hydrogen) atoms. The van der Waals surface area contributed by atoms with Gasteiger partial charge in [0.05, 0.1) is 0 Å². The van der Waals surface area contributed by atoms with Crippen LogP contribution in [0.1, 0.15) is 37.3 Å². The van der Waals surface area contributed by atoms with Crippen LogP contribution in [-0.4, -0.2) is 34.2 Å². The molecule has 0 heterocycles. The zero-order chi connectivity index (χ0) is 19.1. The number of carboxylic acid groups (broad SMARTS) is 1. The summed E-state index contributed by atoms with van der Waals surface area (Å²) in [4.78, 5) is 24.3. The van der Waals surface area contributed by atoms with Crippen molar-refractivity contribution in [3.63, 3.8) is 0 Å². The van der Waals surface area contributed by atoms with Crippen LogP contribution in [0.25, 0.3) is 0 Å². The number of hydrogen-bond donors (Lipinski definition) is 3. The first kappa shape index (κ1) is 19.7. The summed E-state index contributed by atoms with van der Waals surface area (Å²) in [6.07, 6.45) is -0.955. The van der Waals surface area contributed by atoms with Crippen LogP contribution in [0.4, 0.5) is 0 Å². The highest BCUT2D eigenvalue weighted by molar-refractivity contribution is 5.87. The van der Waals surface area contributed by atoms with Crippen molar-refractivity contribution in [2.24, 2.45) is 5.92 Å². The van der Waals surface area contributed by atoms with Crippen LogP contribution in [0.3, 0.4) is 0 Å². The molecule has 0 radical (unpaired) electrons. The molecule has 2 rings (SSSR count). The summed E-state index contributed by atoms with van der Waals surface area (Å²) in [5, 5.41) is 22.3. The Balaban J connectivity index is 2.36. The van der Waals surface area contributed by atoms with Crippen molar-refractivity contribution in [2.75, 3.05) is 0 Å². The van der Waals surface area contributed by atoms with Crippen molar-refractivity contribution in [2.45, 2.75) is 38.3 Å². The number of benzene rings is 2. The number of carbonyl (C=O) groups excluding carboxylic acids is 1. The fourth-order valence-corrected chi connectivity index (χ4v) is 2.99. The Hall–Kier alpha value is -2.66. The minimum Gasteiger partial charge on any atom is -0.480 e. The number of hydrogen-bond acceptors (Lipinski definition) is 3. The van der Waals surface area contributed by atoms with Crippen LogP contribution in [-0.2, 0) is 9.59 Å². The van der Waals surface area contributed by atoms with Crippen molar-refractivity contribution in [3.05, 3.63) is 71.8 Å². The normalized spacial score (nSPS) is 13.4. The molecule has 0 saturated carbocycles. The lowest BCUT2D eigenvalue weighted by molar-refractivity contribution is -0.144. The van der Waals surface area contributed by atoms with Gasteiger partial charge in [-0.05, 0) is 23.5 Å². The molecule has 0 aromatic heterocycles.